The van der Waals surface area contributed by atoms with Crippen LogP contribution in [0.4, 0.5) is 0 Å². The Morgan fingerprint density at radius 1 is 1.33 bits per heavy atom. The average molecular weight is 328 g/mol. The fourth-order valence-electron chi connectivity index (χ4n) is 3.03. The molecule has 24 heavy (non-hydrogen) atoms. The molecule has 0 radical (unpaired) electrons. The van der Waals surface area contributed by atoms with Gasteiger partial charge in [-0.3, -0.25) is 20.6 Å². The van der Waals surface area contributed by atoms with Crippen molar-refractivity contribution in [3.05, 3.63) is 53.6 Å². The number of hydrogen-bond donors (Lipinski definition) is 2. The summed E-state index contributed by atoms with van der Waals surface area (Å²) in [5, 5.41) is 0. The second kappa shape index (κ2) is 7.05. The standard InChI is InChI=1S/C18H24N4O2/c1-18(2)11-15(10-16(12-18)22-6-8-24-9-7-22)20-21-17(23)14-4-3-5-19-13-14/h3-5,10-11,13,20H,6-9,12H2,1-2H3,(H,21,23). The average Bonchev–Trinajstić information content (AvgIpc) is 2.60. The summed E-state index contributed by atoms with van der Waals surface area (Å²) in [7, 11) is 0. The van der Waals surface area contributed by atoms with Gasteiger partial charge in [-0.05, 0) is 30.0 Å². The van der Waals surface area contributed by atoms with Crippen molar-refractivity contribution >= 4 is 5.91 Å². The van der Waals surface area contributed by atoms with Crippen LogP contribution in [0.3, 0.4) is 0 Å². The van der Waals surface area contributed by atoms with E-state index in [-0.39, 0.29) is 11.3 Å². The zero-order valence-electron chi connectivity index (χ0n) is 14.2. The second-order valence-electron chi connectivity index (χ2n) is 6.82. The Hall–Kier alpha value is -2.34. The number of carbonyl (C=O) groups excluding carboxylic acids is 1. The fourth-order valence-corrected chi connectivity index (χ4v) is 3.03. The Bertz CT molecular complexity index is 646. The Balaban J connectivity index is 1.67. The highest BCUT2D eigenvalue weighted by atomic mass is 16.5. The predicted molar refractivity (Wildman–Crippen MR) is 91.8 cm³/mol. The van der Waals surface area contributed by atoms with Gasteiger partial charge in [0.2, 0.25) is 0 Å². The fraction of sp³-hybridized carbons (Fsp3) is 0.444. The molecule has 2 heterocycles. The third kappa shape index (κ3) is 4.14. The number of allylic oxidation sites excluding steroid dienone is 3. The molecule has 0 aromatic carbocycles. The van der Waals surface area contributed by atoms with E-state index in [0.717, 1.165) is 38.4 Å². The van der Waals surface area contributed by atoms with E-state index >= 15 is 0 Å². The molecule has 128 valence electrons. The topological polar surface area (TPSA) is 66.5 Å². The summed E-state index contributed by atoms with van der Waals surface area (Å²) in [6.07, 6.45) is 8.44. The lowest BCUT2D eigenvalue weighted by molar-refractivity contribution is 0.0499. The molecule has 0 spiro atoms. The minimum atomic E-state index is -0.200. The number of ether oxygens (including phenoxy) is 1. The molecule has 2 N–H and O–H groups in total. The molecule has 0 saturated carbocycles. The molecule has 1 aliphatic heterocycles. The van der Waals surface area contributed by atoms with Crippen LogP contribution in [0.2, 0.25) is 0 Å². The number of carbonyl (C=O) groups is 1. The molecule has 6 nitrogen and oxygen atoms in total. The van der Waals surface area contributed by atoms with Crippen LogP contribution >= 0.6 is 0 Å². The van der Waals surface area contributed by atoms with Crippen LogP contribution in [-0.2, 0) is 4.74 Å². The van der Waals surface area contributed by atoms with Crippen LogP contribution in [-0.4, -0.2) is 42.1 Å². The van der Waals surface area contributed by atoms with Crippen LogP contribution in [0, 0.1) is 5.41 Å². The third-order valence-corrected chi connectivity index (χ3v) is 4.17. The van der Waals surface area contributed by atoms with Gasteiger partial charge in [0.1, 0.15) is 0 Å². The van der Waals surface area contributed by atoms with E-state index in [0.29, 0.717) is 5.56 Å². The summed E-state index contributed by atoms with van der Waals surface area (Å²) in [5.41, 5.74) is 8.54. The highest BCUT2D eigenvalue weighted by molar-refractivity contribution is 5.93. The number of nitrogens with zero attached hydrogens (tertiary/aromatic N) is 2. The van der Waals surface area contributed by atoms with Gasteiger partial charge >= 0.3 is 0 Å². The van der Waals surface area contributed by atoms with E-state index in [2.05, 4.69) is 46.7 Å². The third-order valence-electron chi connectivity index (χ3n) is 4.17. The van der Waals surface area contributed by atoms with Crippen molar-refractivity contribution in [2.24, 2.45) is 5.41 Å². The Kier molecular flexibility index (Phi) is 4.85. The van der Waals surface area contributed by atoms with E-state index < -0.39 is 0 Å². The smallest absolute Gasteiger partial charge is 0.271 e. The summed E-state index contributed by atoms with van der Waals surface area (Å²) in [5.74, 6) is -0.200. The zero-order chi connectivity index (χ0) is 17.0. The van der Waals surface area contributed by atoms with E-state index in [9.17, 15) is 4.79 Å². The first kappa shape index (κ1) is 16.5. The molecule has 1 amide bonds. The van der Waals surface area contributed by atoms with E-state index in [1.54, 1.807) is 24.5 Å². The molecule has 1 aromatic heterocycles. The van der Waals surface area contributed by atoms with E-state index in [1.165, 1.54) is 5.70 Å². The number of rotatable bonds is 4. The molecule has 0 atom stereocenters. The number of pyridine rings is 1. The van der Waals surface area contributed by atoms with E-state index in [4.69, 9.17) is 4.74 Å². The van der Waals surface area contributed by atoms with Crippen molar-refractivity contribution in [1.29, 1.82) is 0 Å². The maximum Gasteiger partial charge on any atom is 0.271 e. The maximum absolute atomic E-state index is 12.1. The largest absolute Gasteiger partial charge is 0.378 e. The number of nitrogens with one attached hydrogen (secondary N) is 2. The van der Waals surface area contributed by atoms with Gasteiger partial charge in [0.15, 0.2) is 0 Å². The van der Waals surface area contributed by atoms with Gasteiger partial charge in [0, 0.05) is 31.2 Å². The van der Waals surface area contributed by atoms with Crippen molar-refractivity contribution in [2.45, 2.75) is 20.3 Å². The first-order chi connectivity index (χ1) is 11.5. The Morgan fingerprint density at radius 3 is 2.83 bits per heavy atom. The van der Waals surface area contributed by atoms with Crippen LogP contribution < -0.4 is 10.9 Å². The molecule has 1 aliphatic carbocycles. The molecule has 3 rings (SSSR count). The molecule has 6 heteroatoms. The first-order valence-corrected chi connectivity index (χ1v) is 8.26. The zero-order valence-corrected chi connectivity index (χ0v) is 14.2. The number of hydrazine groups is 1. The molecule has 0 bridgehead atoms. The molecule has 1 saturated heterocycles. The van der Waals surface area contributed by atoms with Crippen LogP contribution in [0.1, 0.15) is 30.6 Å². The van der Waals surface area contributed by atoms with Gasteiger partial charge in [-0.1, -0.05) is 19.9 Å². The summed E-state index contributed by atoms with van der Waals surface area (Å²) in [6.45, 7) is 7.76. The normalized spacial score (nSPS) is 20.0. The molecule has 1 fully saturated rings. The molecular weight excluding hydrogens is 304 g/mol. The number of morpholine rings is 1. The monoisotopic (exact) mass is 328 g/mol. The lowest BCUT2D eigenvalue weighted by atomic mass is 9.83. The number of aromatic nitrogens is 1. The lowest BCUT2D eigenvalue weighted by Crippen LogP contribution is -2.40. The number of amides is 1. The van der Waals surface area contributed by atoms with Crippen molar-refractivity contribution < 1.29 is 9.53 Å². The minimum absolute atomic E-state index is 0.0315. The van der Waals surface area contributed by atoms with Gasteiger partial charge in [0.05, 0.1) is 24.5 Å². The van der Waals surface area contributed by atoms with Crippen molar-refractivity contribution in [3.63, 3.8) is 0 Å². The molecule has 1 aromatic rings. The highest BCUT2D eigenvalue weighted by Crippen LogP contribution is 2.34. The summed E-state index contributed by atoms with van der Waals surface area (Å²) in [6, 6.07) is 3.48. The van der Waals surface area contributed by atoms with Gasteiger partial charge in [-0.15, -0.1) is 0 Å². The molecule has 0 unspecified atom stereocenters. The van der Waals surface area contributed by atoms with Gasteiger partial charge < -0.3 is 9.64 Å². The predicted octanol–water partition coefficient (Wildman–Crippen LogP) is 1.85. The summed E-state index contributed by atoms with van der Waals surface area (Å²) in [4.78, 5) is 18.5. The van der Waals surface area contributed by atoms with Gasteiger partial charge in [-0.25, -0.2) is 0 Å². The summed E-state index contributed by atoms with van der Waals surface area (Å²) < 4.78 is 5.44. The second-order valence-corrected chi connectivity index (χ2v) is 6.82. The SMILES string of the molecule is CC1(C)C=C(NNC(=O)c2cccnc2)C=C(N2CCOCC2)C1. The van der Waals surface area contributed by atoms with Crippen molar-refractivity contribution in [2.75, 3.05) is 26.3 Å². The number of hydrogen-bond acceptors (Lipinski definition) is 5. The first-order valence-electron chi connectivity index (χ1n) is 8.26. The molecule has 2 aliphatic rings. The van der Waals surface area contributed by atoms with Crippen molar-refractivity contribution in [1.82, 2.24) is 20.7 Å². The Morgan fingerprint density at radius 2 is 2.12 bits per heavy atom. The Labute approximate surface area is 142 Å². The van der Waals surface area contributed by atoms with E-state index in [1.807, 2.05) is 0 Å². The maximum atomic E-state index is 12.1. The van der Waals surface area contributed by atoms with Gasteiger partial charge in [-0.2, -0.15) is 0 Å². The highest BCUT2D eigenvalue weighted by Gasteiger charge is 2.26. The van der Waals surface area contributed by atoms with Crippen LogP contribution in [0.25, 0.3) is 0 Å². The van der Waals surface area contributed by atoms with Gasteiger partial charge in [0.25, 0.3) is 5.91 Å². The lowest BCUT2D eigenvalue weighted by Gasteiger charge is -2.37. The quantitative estimate of drug-likeness (QED) is 0.826. The van der Waals surface area contributed by atoms with Crippen LogP contribution in [0.5, 0.6) is 0 Å². The molecular formula is C18H24N4O2. The van der Waals surface area contributed by atoms with Crippen molar-refractivity contribution in [3.8, 4) is 0 Å². The summed E-state index contributed by atoms with van der Waals surface area (Å²) >= 11 is 0. The minimum Gasteiger partial charge on any atom is -0.378 e. The van der Waals surface area contributed by atoms with Crippen LogP contribution in [0.15, 0.2) is 48.1 Å².